The van der Waals surface area contributed by atoms with Gasteiger partial charge in [-0.2, -0.15) is 0 Å². The number of hydrogen-bond acceptors (Lipinski definition) is 2. The van der Waals surface area contributed by atoms with Crippen molar-refractivity contribution in [3.8, 4) is 0 Å². The van der Waals surface area contributed by atoms with Crippen LogP contribution in [0.4, 0.5) is 0 Å². The predicted octanol–water partition coefficient (Wildman–Crippen LogP) is 4.09. The lowest BCUT2D eigenvalue weighted by atomic mass is 9.47. The Labute approximate surface area is 130 Å². The van der Waals surface area contributed by atoms with Crippen LogP contribution in [0.3, 0.4) is 0 Å². The Balaban J connectivity index is 1.72. The Morgan fingerprint density at radius 3 is 2.62 bits per heavy atom. The molecule has 3 unspecified atom stereocenters. The SMILES string of the molecule is [2H]C1([2H])CC2C3CCC4=CC(=O)CC[C@]4(C)C3CC[C@]2(C)C1=O. The summed E-state index contributed by atoms with van der Waals surface area (Å²) in [4.78, 5) is 24.4. The summed E-state index contributed by atoms with van der Waals surface area (Å²) in [6.07, 6.45) is 6.01. The fraction of sp³-hybridized carbons (Fsp3) is 0.789. The van der Waals surface area contributed by atoms with E-state index in [-0.39, 0.29) is 22.9 Å². The van der Waals surface area contributed by atoms with E-state index in [1.807, 2.05) is 13.0 Å². The zero-order valence-electron chi connectivity index (χ0n) is 15.1. The maximum Gasteiger partial charge on any atom is 0.155 e. The predicted molar refractivity (Wildman–Crippen MR) is 81.7 cm³/mol. The van der Waals surface area contributed by atoms with Gasteiger partial charge in [0, 0.05) is 21.0 Å². The highest BCUT2D eigenvalue weighted by Crippen LogP contribution is 2.64. The van der Waals surface area contributed by atoms with Gasteiger partial charge in [0.2, 0.25) is 0 Å². The van der Waals surface area contributed by atoms with Crippen molar-refractivity contribution in [2.45, 2.75) is 65.2 Å². The lowest BCUT2D eigenvalue weighted by molar-refractivity contribution is -0.132. The molecule has 0 radical (unpaired) electrons. The average Bonchev–Trinajstić information content (AvgIpc) is 2.68. The molecule has 0 aliphatic heterocycles. The third-order valence-corrected chi connectivity index (χ3v) is 7.35. The summed E-state index contributed by atoms with van der Waals surface area (Å²) in [6, 6.07) is 0. The Kier molecular flexibility index (Phi) is 2.38. The molecule has 0 amide bonds. The second kappa shape index (κ2) is 4.30. The van der Waals surface area contributed by atoms with E-state index < -0.39 is 11.8 Å². The van der Waals surface area contributed by atoms with E-state index in [0.717, 1.165) is 32.1 Å². The third-order valence-electron chi connectivity index (χ3n) is 7.35. The first kappa shape index (κ1) is 11.6. The first-order chi connectivity index (χ1) is 10.7. The molecule has 3 saturated carbocycles. The minimum absolute atomic E-state index is 0.0938. The summed E-state index contributed by atoms with van der Waals surface area (Å²) in [5.41, 5.74) is 0.953. The molecule has 0 N–H and O–H groups in total. The van der Waals surface area contributed by atoms with Gasteiger partial charge in [-0.15, -0.1) is 0 Å². The molecule has 0 aromatic rings. The number of carbonyl (C=O) groups is 2. The first-order valence-electron chi connectivity index (χ1n) is 9.47. The minimum Gasteiger partial charge on any atom is -0.299 e. The van der Waals surface area contributed by atoms with Gasteiger partial charge in [0.1, 0.15) is 5.78 Å². The van der Waals surface area contributed by atoms with Gasteiger partial charge < -0.3 is 0 Å². The van der Waals surface area contributed by atoms with E-state index in [9.17, 15) is 9.59 Å². The van der Waals surface area contributed by atoms with Crippen LogP contribution < -0.4 is 0 Å². The van der Waals surface area contributed by atoms with E-state index in [1.165, 1.54) is 5.57 Å². The molecular formula is C19H26O2. The maximum atomic E-state index is 12.6. The number of fused-ring (bicyclic) bond motifs is 5. The van der Waals surface area contributed by atoms with Crippen molar-refractivity contribution in [2.75, 3.05) is 0 Å². The smallest absolute Gasteiger partial charge is 0.155 e. The number of ketones is 2. The minimum atomic E-state index is -1.64. The van der Waals surface area contributed by atoms with Gasteiger partial charge >= 0.3 is 0 Å². The zero-order chi connectivity index (χ0) is 16.6. The Morgan fingerprint density at radius 2 is 1.81 bits per heavy atom. The van der Waals surface area contributed by atoms with Crippen molar-refractivity contribution in [3.05, 3.63) is 11.6 Å². The third kappa shape index (κ3) is 1.71. The van der Waals surface area contributed by atoms with E-state index in [4.69, 9.17) is 2.74 Å². The van der Waals surface area contributed by atoms with E-state index in [1.54, 1.807) is 0 Å². The molecule has 4 aliphatic carbocycles. The van der Waals surface area contributed by atoms with Crippen molar-refractivity contribution in [2.24, 2.45) is 28.6 Å². The topological polar surface area (TPSA) is 34.1 Å². The summed E-state index contributed by atoms with van der Waals surface area (Å²) in [5.74, 6) is 1.24. The van der Waals surface area contributed by atoms with E-state index in [2.05, 4.69) is 6.92 Å². The highest BCUT2D eigenvalue weighted by molar-refractivity contribution is 5.91. The fourth-order valence-electron chi connectivity index (χ4n) is 5.94. The number of Topliss-reactive ketones (excluding diaryl/α,β-unsaturated/α-hetero) is 1. The molecular weight excluding hydrogens is 260 g/mol. The Hall–Kier alpha value is -0.920. The highest BCUT2D eigenvalue weighted by atomic mass is 16.1. The summed E-state index contributed by atoms with van der Waals surface area (Å²) in [6.45, 7) is 4.33. The number of hydrogen-bond donors (Lipinski definition) is 0. The van der Waals surface area contributed by atoms with Crippen LogP contribution in [0.15, 0.2) is 11.6 Å². The normalized spacial score (nSPS) is 53.0. The second-order valence-corrected chi connectivity index (χ2v) is 8.14. The molecule has 0 saturated heterocycles. The van der Waals surface area contributed by atoms with Crippen LogP contribution in [-0.4, -0.2) is 11.6 Å². The van der Waals surface area contributed by atoms with E-state index >= 15 is 0 Å². The van der Waals surface area contributed by atoms with Crippen LogP contribution in [-0.2, 0) is 9.59 Å². The van der Waals surface area contributed by atoms with Gasteiger partial charge in [0.15, 0.2) is 5.78 Å². The number of allylic oxidation sites excluding steroid dienone is 1. The molecule has 0 aromatic carbocycles. The largest absolute Gasteiger partial charge is 0.299 e. The highest BCUT2D eigenvalue weighted by Gasteiger charge is 2.58. The molecule has 2 nitrogen and oxygen atoms in total. The van der Waals surface area contributed by atoms with Crippen LogP contribution >= 0.6 is 0 Å². The fourth-order valence-corrected chi connectivity index (χ4v) is 5.94. The van der Waals surface area contributed by atoms with Crippen molar-refractivity contribution >= 4 is 11.6 Å². The summed E-state index contributed by atoms with van der Waals surface area (Å²) >= 11 is 0. The van der Waals surface area contributed by atoms with Gasteiger partial charge in [-0.1, -0.05) is 19.4 Å². The van der Waals surface area contributed by atoms with Crippen molar-refractivity contribution in [1.82, 2.24) is 0 Å². The van der Waals surface area contributed by atoms with Crippen LogP contribution in [0.5, 0.6) is 0 Å². The molecule has 114 valence electrons. The molecule has 21 heavy (non-hydrogen) atoms. The molecule has 0 spiro atoms. The molecule has 2 heteroatoms. The summed E-state index contributed by atoms with van der Waals surface area (Å²) < 4.78 is 16.3. The first-order valence-corrected chi connectivity index (χ1v) is 8.47. The Morgan fingerprint density at radius 1 is 1.05 bits per heavy atom. The van der Waals surface area contributed by atoms with Gasteiger partial charge in [-0.3, -0.25) is 9.59 Å². The monoisotopic (exact) mass is 288 g/mol. The lowest BCUT2D eigenvalue weighted by Crippen LogP contribution is -2.50. The van der Waals surface area contributed by atoms with Gasteiger partial charge in [0.05, 0.1) is 0 Å². The van der Waals surface area contributed by atoms with Gasteiger partial charge in [-0.05, 0) is 67.8 Å². The van der Waals surface area contributed by atoms with Crippen molar-refractivity contribution < 1.29 is 12.3 Å². The second-order valence-electron chi connectivity index (χ2n) is 8.14. The molecule has 0 bridgehead atoms. The number of rotatable bonds is 0. The molecule has 4 aliphatic rings. The van der Waals surface area contributed by atoms with Gasteiger partial charge in [-0.25, -0.2) is 0 Å². The van der Waals surface area contributed by atoms with Crippen LogP contribution in [0.1, 0.15) is 67.9 Å². The standard InChI is InChI=1S/C19H26O2/c1-18-9-7-13(20)11-12(18)3-4-14-15-5-6-17(21)19(15,2)10-8-16(14)18/h11,14-16H,3-10H2,1-2H3/t14?,15?,16?,18-,19-/m0/s1/i6D2. The van der Waals surface area contributed by atoms with E-state index in [0.29, 0.717) is 24.7 Å². The Bertz CT molecular complexity index is 623. The zero-order valence-corrected chi connectivity index (χ0v) is 13.1. The summed E-state index contributed by atoms with van der Waals surface area (Å²) in [5, 5.41) is 0. The van der Waals surface area contributed by atoms with Crippen molar-refractivity contribution in [3.63, 3.8) is 0 Å². The lowest BCUT2D eigenvalue weighted by Gasteiger charge is -2.56. The van der Waals surface area contributed by atoms with Crippen LogP contribution in [0.2, 0.25) is 0 Å². The molecule has 3 fully saturated rings. The van der Waals surface area contributed by atoms with Crippen LogP contribution in [0.25, 0.3) is 0 Å². The van der Waals surface area contributed by atoms with Crippen molar-refractivity contribution in [1.29, 1.82) is 0 Å². The molecule has 0 heterocycles. The number of carbonyl (C=O) groups excluding carboxylic acids is 2. The quantitative estimate of drug-likeness (QED) is 0.673. The van der Waals surface area contributed by atoms with Gasteiger partial charge in [0.25, 0.3) is 0 Å². The summed E-state index contributed by atoms with van der Waals surface area (Å²) in [7, 11) is 0. The maximum absolute atomic E-state index is 12.6. The molecule has 4 rings (SSSR count). The average molecular weight is 288 g/mol. The molecule has 0 aromatic heterocycles. The van der Waals surface area contributed by atoms with Crippen LogP contribution in [0, 0.1) is 28.6 Å². The molecule has 5 atom stereocenters.